The number of imide groups is 1. The Bertz CT molecular complexity index is 798. The quantitative estimate of drug-likeness (QED) is 0.540. The molecule has 0 saturated carbocycles. The van der Waals surface area contributed by atoms with Gasteiger partial charge < -0.3 is 15.2 Å². The van der Waals surface area contributed by atoms with E-state index in [2.05, 4.69) is 0 Å². The molecule has 3 amide bonds. The van der Waals surface area contributed by atoms with Gasteiger partial charge in [-0.05, 0) is 17.5 Å². The van der Waals surface area contributed by atoms with Crippen molar-refractivity contribution in [1.29, 1.82) is 0 Å². The summed E-state index contributed by atoms with van der Waals surface area (Å²) in [6.45, 7) is 1.26. The SMILES string of the molecule is NC(=O)CCOCCOCCN1C(=O)c2cccc3cccc(c23)C1=O. The summed E-state index contributed by atoms with van der Waals surface area (Å²) in [7, 11) is 0. The second kappa shape index (κ2) is 8.07. The standard InChI is InChI=1S/C19H20N2O5/c20-16(22)7-9-25-11-12-26-10-8-21-18(23)14-5-1-3-13-4-2-6-15(17(13)14)19(21)24/h1-6H,7-12H2,(H2,20,22). The Morgan fingerprint density at radius 2 is 1.46 bits per heavy atom. The van der Waals surface area contributed by atoms with Crippen molar-refractivity contribution in [3.05, 3.63) is 47.5 Å². The number of benzene rings is 2. The molecule has 1 heterocycles. The summed E-state index contributed by atoms with van der Waals surface area (Å²) < 4.78 is 10.6. The number of ether oxygens (including phenoxy) is 2. The molecule has 1 aliphatic heterocycles. The molecule has 0 aromatic heterocycles. The second-order valence-electron chi connectivity index (χ2n) is 5.91. The Hall–Kier alpha value is -2.77. The van der Waals surface area contributed by atoms with E-state index in [1.165, 1.54) is 4.90 Å². The Kier molecular flexibility index (Phi) is 5.60. The molecule has 0 saturated heterocycles. The van der Waals surface area contributed by atoms with Crippen LogP contribution in [0.5, 0.6) is 0 Å². The third-order valence-corrected chi connectivity index (χ3v) is 4.18. The molecule has 136 valence electrons. The molecule has 0 radical (unpaired) electrons. The van der Waals surface area contributed by atoms with E-state index in [0.29, 0.717) is 29.7 Å². The smallest absolute Gasteiger partial charge is 0.261 e. The highest BCUT2D eigenvalue weighted by Crippen LogP contribution is 2.29. The molecule has 0 bridgehead atoms. The minimum atomic E-state index is -0.414. The number of hydrogen-bond donors (Lipinski definition) is 1. The molecule has 0 fully saturated rings. The average molecular weight is 356 g/mol. The van der Waals surface area contributed by atoms with Crippen molar-refractivity contribution in [2.24, 2.45) is 5.73 Å². The lowest BCUT2D eigenvalue weighted by Gasteiger charge is -2.27. The van der Waals surface area contributed by atoms with Crippen molar-refractivity contribution >= 4 is 28.5 Å². The molecule has 0 unspecified atom stereocenters. The summed E-state index contributed by atoms with van der Waals surface area (Å²) in [6.07, 6.45) is 0.168. The van der Waals surface area contributed by atoms with Crippen LogP contribution in [0.2, 0.25) is 0 Å². The number of carbonyl (C=O) groups excluding carboxylic acids is 3. The highest BCUT2D eigenvalue weighted by Gasteiger charge is 2.32. The van der Waals surface area contributed by atoms with Crippen molar-refractivity contribution in [2.75, 3.05) is 33.0 Å². The Morgan fingerprint density at radius 3 is 2.04 bits per heavy atom. The Labute approximate surface area is 150 Å². The average Bonchev–Trinajstić information content (AvgIpc) is 2.63. The van der Waals surface area contributed by atoms with Crippen LogP contribution in [-0.2, 0) is 14.3 Å². The summed E-state index contributed by atoms with van der Waals surface area (Å²) in [6, 6.07) is 10.9. The lowest BCUT2D eigenvalue weighted by molar-refractivity contribution is -0.119. The first-order valence-electron chi connectivity index (χ1n) is 8.41. The monoisotopic (exact) mass is 356 g/mol. The van der Waals surface area contributed by atoms with E-state index in [9.17, 15) is 14.4 Å². The van der Waals surface area contributed by atoms with Crippen LogP contribution in [0.3, 0.4) is 0 Å². The maximum Gasteiger partial charge on any atom is 0.261 e. The molecule has 7 heteroatoms. The van der Waals surface area contributed by atoms with Crippen LogP contribution < -0.4 is 5.73 Å². The fourth-order valence-electron chi connectivity index (χ4n) is 2.93. The highest BCUT2D eigenvalue weighted by atomic mass is 16.5. The van der Waals surface area contributed by atoms with E-state index in [1.807, 2.05) is 24.3 Å². The summed E-state index contributed by atoms with van der Waals surface area (Å²) in [5, 5.41) is 1.59. The van der Waals surface area contributed by atoms with E-state index in [0.717, 1.165) is 5.39 Å². The molecule has 3 rings (SSSR count). The normalized spacial score (nSPS) is 13.5. The van der Waals surface area contributed by atoms with Gasteiger partial charge in [-0.3, -0.25) is 19.3 Å². The molecule has 2 N–H and O–H groups in total. The van der Waals surface area contributed by atoms with Crippen LogP contribution in [0.1, 0.15) is 27.1 Å². The Balaban J connectivity index is 1.55. The predicted molar refractivity (Wildman–Crippen MR) is 94.8 cm³/mol. The maximum atomic E-state index is 12.7. The van der Waals surface area contributed by atoms with Crippen LogP contribution in [0.15, 0.2) is 36.4 Å². The zero-order valence-electron chi connectivity index (χ0n) is 14.3. The van der Waals surface area contributed by atoms with Gasteiger partial charge >= 0.3 is 0 Å². The van der Waals surface area contributed by atoms with E-state index >= 15 is 0 Å². The molecule has 0 atom stereocenters. The van der Waals surface area contributed by atoms with Crippen molar-refractivity contribution < 1.29 is 23.9 Å². The fourth-order valence-corrected chi connectivity index (χ4v) is 2.93. The minimum Gasteiger partial charge on any atom is -0.379 e. The van der Waals surface area contributed by atoms with Crippen molar-refractivity contribution in [3.63, 3.8) is 0 Å². The van der Waals surface area contributed by atoms with E-state index in [1.54, 1.807) is 12.1 Å². The van der Waals surface area contributed by atoms with Gasteiger partial charge in [0.15, 0.2) is 0 Å². The number of primary amides is 1. The first kappa shape index (κ1) is 18.0. The van der Waals surface area contributed by atoms with Crippen molar-refractivity contribution in [1.82, 2.24) is 4.90 Å². The minimum absolute atomic E-state index is 0.168. The zero-order chi connectivity index (χ0) is 18.5. The Morgan fingerprint density at radius 1 is 0.885 bits per heavy atom. The predicted octanol–water partition coefficient (Wildman–Crippen LogP) is 1.34. The molecule has 2 aromatic rings. The molecule has 0 spiro atoms. The van der Waals surface area contributed by atoms with Gasteiger partial charge in [0.1, 0.15) is 0 Å². The zero-order valence-corrected chi connectivity index (χ0v) is 14.3. The molecule has 1 aliphatic rings. The number of rotatable bonds is 9. The molecular formula is C19H20N2O5. The summed E-state index contributed by atoms with van der Waals surface area (Å²) in [5.41, 5.74) is 6.07. The van der Waals surface area contributed by atoms with Gasteiger partial charge in [-0.25, -0.2) is 0 Å². The highest BCUT2D eigenvalue weighted by molar-refractivity contribution is 6.25. The van der Waals surface area contributed by atoms with Gasteiger partial charge in [0, 0.05) is 22.9 Å². The fraction of sp³-hybridized carbons (Fsp3) is 0.316. The van der Waals surface area contributed by atoms with Crippen LogP contribution in [0.25, 0.3) is 10.8 Å². The van der Waals surface area contributed by atoms with Crippen molar-refractivity contribution in [2.45, 2.75) is 6.42 Å². The molecule has 0 aliphatic carbocycles. The van der Waals surface area contributed by atoms with Gasteiger partial charge in [-0.15, -0.1) is 0 Å². The first-order valence-corrected chi connectivity index (χ1v) is 8.41. The topological polar surface area (TPSA) is 98.9 Å². The van der Waals surface area contributed by atoms with E-state index in [-0.39, 0.29) is 38.0 Å². The second-order valence-corrected chi connectivity index (χ2v) is 5.91. The lowest BCUT2D eigenvalue weighted by atomic mass is 9.94. The maximum absolute atomic E-state index is 12.7. The molecule has 7 nitrogen and oxygen atoms in total. The number of nitrogens with zero attached hydrogens (tertiary/aromatic N) is 1. The van der Waals surface area contributed by atoms with Crippen LogP contribution >= 0.6 is 0 Å². The van der Waals surface area contributed by atoms with Crippen molar-refractivity contribution in [3.8, 4) is 0 Å². The molecule has 2 aromatic carbocycles. The van der Waals surface area contributed by atoms with Crippen LogP contribution in [0.4, 0.5) is 0 Å². The lowest BCUT2D eigenvalue weighted by Crippen LogP contribution is -2.42. The molecular weight excluding hydrogens is 336 g/mol. The first-order chi connectivity index (χ1) is 12.6. The van der Waals surface area contributed by atoms with Crippen LogP contribution in [0, 0.1) is 0 Å². The van der Waals surface area contributed by atoms with Gasteiger partial charge in [-0.1, -0.05) is 24.3 Å². The largest absolute Gasteiger partial charge is 0.379 e. The third-order valence-electron chi connectivity index (χ3n) is 4.18. The summed E-state index contributed by atoms with van der Waals surface area (Å²) in [5.74, 6) is -1.02. The van der Waals surface area contributed by atoms with Gasteiger partial charge in [0.05, 0.1) is 33.0 Å². The number of carbonyl (C=O) groups is 3. The number of amides is 3. The third kappa shape index (κ3) is 3.74. The van der Waals surface area contributed by atoms with E-state index < -0.39 is 5.91 Å². The summed E-state index contributed by atoms with van der Waals surface area (Å²) >= 11 is 0. The van der Waals surface area contributed by atoms with Crippen LogP contribution in [-0.4, -0.2) is 55.6 Å². The van der Waals surface area contributed by atoms with Gasteiger partial charge in [-0.2, -0.15) is 0 Å². The molecule has 26 heavy (non-hydrogen) atoms. The van der Waals surface area contributed by atoms with Gasteiger partial charge in [0.2, 0.25) is 5.91 Å². The van der Waals surface area contributed by atoms with E-state index in [4.69, 9.17) is 15.2 Å². The number of hydrogen-bond acceptors (Lipinski definition) is 5. The summed E-state index contributed by atoms with van der Waals surface area (Å²) in [4.78, 5) is 37.1. The number of nitrogens with two attached hydrogens (primary N) is 1. The van der Waals surface area contributed by atoms with Gasteiger partial charge in [0.25, 0.3) is 11.8 Å².